The minimum Gasteiger partial charge on any atom is -0.434 e. The summed E-state index contributed by atoms with van der Waals surface area (Å²) in [6, 6.07) is 4.69. The summed E-state index contributed by atoms with van der Waals surface area (Å²) in [5.74, 6) is 0.142. The number of halogens is 3. The minimum atomic E-state index is -2.85. The van der Waals surface area contributed by atoms with E-state index in [9.17, 15) is 13.9 Å². The van der Waals surface area contributed by atoms with Crippen LogP contribution in [0.1, 0.15) is 18.4 Å². The van der Waals surface area contributed by atoms with Crippen LogP contribution in [-0.4, -0.2) is 35.8 Å². The van der Waals surface area contributed by atoms with Crippen LogP contribution in [0.25, 0.3) is 0 Å². The Morgan fingerprint density at radius 3 is 2.95 bits per heavy atom. The van der Waals surface area contributed by atoms with Gasteiger partial charge in [0.2, 0.25) is 0 Å². The van der Waals surface area contributed by atoms with Crippen molar-refractivity contribution in [1.29, 1.82) is 0 Å². The largest absolute Gasteiger partial charge is 0.434 e. The molecular weight excluding hydrogens is 276 g/mol. The number of benzene rings is 1. The van der Waals surface area contributed by atoms with Crippen LogP contribution in [0.15, 0.2) is 18.2 Å². The lowest BCUT2D eigenvalue weighted by Gasteiger charge is -2.23. The highest BCUT2D eigenvalue weighted by Gasteiger charge is 2.25. The maximum Gasteiger partial charge on any atom is 0.387 e. The number of hydrogen-bond acceptors (Lipinski definition) is 3. The summed E-state index contributed by atoms with van der Waals surface area (Å²) >= 11 is 5.90. The van der Waals surface area contributed by atoms with Crippen molar-refractivity contribution in [2.45, 2.75) is 32.0 Å². The molecule has 1 fully saturated rings. The fourth-order valence-electron chi connectivity index (χ4n) is 2.41. The maximum atomic E-state index is 12.3. The third kappa shape index (κ3) is 3.78. The van der Waals surface area contributed by atoms with Gasteiger partial charge in [-0.25, -0.2) is 0 Å². The first-order valence-corrected chi connectivity index (χ1v) is 6.56. The summed E-state index contributed by atoms with van der Waals surface area (Å²) in [4.78, 5) is 2.06. The van der Waals surface area contributed by atoms with E-state index in [-0.39, 0.29) is 18.4 Å². The van der Waals surface area contributed by atoms with Gasteiger partial charge in [0.05, 0.1) is 6.61 Å². The summed E-state index contributed by atoms with van der Waals surface area (Å²) in [6.45, 7) is -1.49. The Kier molecular flexibility index (Phi) is 4.96. The quantitative estimate of drug-likeness (QED) is 0.905. The molecule has 1 heterocycles. The van der Waals surface area contributed by atoms with Gasteiger partial charge in [0.25, 0.3) is 0 Å². The van der Waals surface area contributed by atoms with Crippen molar-refractivity contribution < 1.29 is 18.6 Å². The predicted octanol–water partition coefficient (Wildman–Crippen LogP) is 2.90. The lowest BCUT2D eigenvalue weighted by Crippen LogP contribution is -2.31. The van der Waals surface area contributed by atoms with Crippen LogP contribution < -0.4 is 4.74 Å². The van der Waals surface area contributed by atoms with E-state index in [0.717, 1.165) is 19.4 Å². The zero-order valence-corrected chi connectivity index (χ0v) is 11.1. The van der Waals surface area contributed by atoms with E-state index in [2.05, 4.69) is 9.64 Å². The van der Waals surface area contributed by atoms with E-state index in [1.807, 2.05) is 0 Å². The molecule has 0 spiro atoms. The third-order valence-corrected chi connectivity index (χ3v) is 3.56. The Morgan fingerprint density at radius 1 is 1.47 bits per heavy atom. The molecule has 1 aromatic carbocycles. The molecule has 0 saturated carbocycles. The average molecular weight is 292 g/mol. The molecule has 6 heteroatoms. The fraction of sp³-hybridized carbons (Fsp3) is 0.538. The Bertz CT molecular complexity index is 431. The SMILES string of the molecule is OCC1CCCN1Cc1cc(Cl)ccc1OC(F)F. The summed E-state index contributed by atoms with van der Waals surface area (Å²) < 4.78 is 29.2. The summed E-state index contributed by atoms with van der Waals surface area (Å²) in [7, 11) is 0. The number of rotatable bonds is 5. The van der Waals surface area contributed by atoms with Gasteiger partial charge in [0.15, 0.2) is 0 Å². The van der Waals surface area contributed by atoms with E-state index in [1.165, 1.54) is 12.1 Å². The lowest BCUT2D eigenvalue weighted by molar-refractivity contribution is -0.0508. The zero-order chi connectivity index (χ0) is 13.8. The maximum absolute atomic E-state index is 12.3. The molecule has 0 amide bonds. The second-order valence-electron chi connectivity index (χ2n) is 4.58. The summed E-state index contributed by atoms with van der Waals surface area (Å²) in [5.41, 5.74) is 0.619. The number of nitrogens with zero attached hydrogens (tertiary/aromatic N) is 1. The van der Waals surface area contributed by atoms with Gasteiger partial charge in [0.1, 0.15) is 5.75 Å². The minimum absolute atomic E-state index is 0.0750. The predicted molar refractivity (Wildman–Crippen MR) is 68.6 cm³/mol. The topological polar surface area (TPSA) is 32.7 Å². The molecule has 1 aliphatic rings. The normalized spacial score (nSPS) is 20.2. The van der Waals surface area contributed by atoms with Crippen molar-refractivity contribution in [2.75, 3.05) is 13.2 Å². The van der Waals surface area contributed by atoms with Crippen molar-refractivity contribution in [3.8, 4) is 5.75 Å². The van der Waals surface area contributed by atoms with Crippen molar-refractivity contribution in [1.82, 2.24) is 4.90 Å². The van der Waals surface area contributed by atoms with Crippen LogP contribution in [0.5, 0.6) is 5.75 Å². The monoisotopic (exact) mass is 291 g/mol. The van der Waals surface area contributed by atoms with Gasteiger partial charge in [-0.05, 0) is 37.6 Å². The molecule has 1 aromatic rings. The molecule has 0 aliphatic carbocycles. The molecule has 1 N–H and O–H groups in total. The van der Waals surface area contributed by atoms with Crippen LogP contribution in [0.2, 0.25) is 5.02 Å². The molecule has 0 radical (unpaired) electrons. The first-order chi connectivity index (χ1) is 9.10. The van der Waals surface area contributed by atoms with Gasteiger partial charge < -0.3 is 9.84 Å². The van der Waals surface area contributed by atoms with Gasteiger partial charge in [0, 0.05) is 23.2 Å². The van der Waals surface area contributed by atoms with Gasteiger partial charge in [-0.15, -0.1) is 0 Å². The number of ether oxygens (including phenoxy) is 1. The molecule has 3 nitrogen and oxygen atoms in total. The second-order valence-corrected chi connectivity index (χ2v) is 5.02. The van der Waals surface area contributed by atoms with E-state index in [1.54, 1.807) is 6.07 Å². The molecule has 19 heavy (non-hydrogen) atoms. The summed E-state index contributed by atoms with van der Waals surface area (Å²) in [6.07, 6.45) is 1.92. The molecule has 1 aliphatic heterocycles. The van der Waals surface area contributed by atoms with Crippen molar-refractivity contribution in [3.05, 3.63) is 28.8 Å². The Balaban J connectivity index is 2.15. The van der Waals surface area contributed by atoms with Crippen molar-refractivity contribution >= 4 is 11.6 Å². The first-order valence-electron chi connectivity index (χ1n) is 6.18. The van der Waals surface area contributed by atoms with E-state index in [0.29, 0.717) is 17.1 Å². The van der Waals surface area contributed by atoms with E-state index < -0.39 is 6.61 Å². The molecule has 1 atom stereocenters. The Labute approximate surface area is 115 Å². The smallest absolute Gasteiger partial charge is 0.387 e. The number of alkyl halides is 2. The van der Waals surface area contributed by atoms with Crippen LogP contribution in [0.3, 0.4) is 0 Å². The average Bonchev–Trinajstić information content (AvgIpc) is 2.79. The second kappa shape index (κ2) is 6.50. The van der Waals surface area contributed by atoms with Crippen LogP contribution in [-0.2, 0) is 6.54 Å². The molecule has 0 aromatic heterocycles. The Morgan fingerprint density at radius 2 is 2.26 bits per heavy atom. The Hall–Kier alpha value is -0.910. The molecule has 0 bridgehead atoms. The molecule has 1 saturated heterocycles. The number of likely N-dealkylation sites (tertiary alicyclic amines) is 1. The number of aliphatic hydroxyl groups is 1. The molecular formula is C13H16ClF2NO2. The van der Waals surface area contributed by atoms with E-state index in [4.69, 9.17) is 11.6 Å². The van der Waals surface area contributed by atoms with Gasteiger partial charge in [-0.1, -0.05) is 11.6 Å². The van der Waals surface area contributed by atoms with Crippen LogP contribution in [0.4, 0.5) is 8.78 Å². The van der Waals surface area contributed by atoms with Gasteiger partial charge in [-0.3, -0.25) is 4.90 Å². The standard InChI is InChI=1S/C13H16ClF2NO2/c14-10-3-4-12(19-13(15)16)9(6-10)7-17-5-1-2-11(17)8-18/h3-4,6,11,13,18H,1-2,5,7-8H2. The number of aliphatic hydroxyl groups excluding tert-OH is 1. The van der Waals surface area contributed by atoms with Crippen LogP contribution in [0, 0.1) is 0 Å². The number of hydrogen-bond donors (Lipinski definition) is 1. The van der Waals surface area contributed by atoms with Crippen molar-refractivity contribution in [2.24, 2.45) is 0 Å². The van der Waals surface area contributed by atoms with Crippen molar-refractivity contribution in [3.63, 3.8) is 0 Å². The highest BCUT2D eigenvalue weighted by molar-refractivity contribution is 6.30. The molecule has 2 rings (SSSR count). The lowest BCUT2D eigenvalue weighted by atomic mass is 10.1. The fourth-order valence-corrected chi connectivity index (χ4v) is 2.61. The zero-order valence-electron chi connectivity index (χ0n) is 10.4. The third-order valence-electron chi connectivity index (χ3n) is 3.32. The highest BCUT2D eigenvalue weighted by Crippen LogP contribution is 2.28. The van der Waals surface area contributed by atoms with E-state index >= 15 is 0 Å². The first kappa shape index (κ1) is 14.5. The van der Waals surface area contributed by atoms with Crippen LogP contribution >= 0.6 is 11.6 Å². The molecule has 106 valence electrons. The van der Waals surface area contributed by atoms with Gasteiger partial charge in [-0.2, -0.15) is 8.78 Å². The van der Waals surface area contributed by atoms with Gasteiger partial charge >= 0.3 is 6.61 Å². The highest BCUT2D eigenvalue weighted by atomic mass is 35.5. The summed E-state index contributed by atoms with van der Waals surface area (Å²) in [5, 5.41) is 9.75. The molecule has 1 unspecified atom stereocenters.